The van der Waals surface area contributed by atoms with Crippen LogP contribution in [0.2, 0.25) is 0 Å². The molecule has 6 nitrogen and oxygen atoms in total. The first kappa shape index (κ1) is 32.3. The third-order valence-corrected chi connectivity index (χ3v) is 8.52. The number of aliphatic imine (C=N–C) groups is 1. The van der Waals surface area contributed by atoms with Gasteiger partial charge >= 0.3 is 12.4 Å². The second-order valence-corrected chi connectivity index (χ2v) is 11.6. The summed E-state index contributed by atoms with van der Waals surface area (Å²) in [5.74, 6) is -0.131. The minimum Gasteiger partial charge on any atom is -0.493 e. The molecule has 3 aromatic rings. The fraction of sp³-hybridized carbons (Fsp3) is 0.312. The molecule has 0 aromatic heterocycles. The largest absolute Gasteiger partial charge is 0.493 e. The number of amides is 1. The van der Waals surface area contributed by atoms with Crippen LogP contribution in [0.25, 0.3) is 6.08 Å². The van der Waals surface area contributed by atoms with Crippen LogP contribution in [0.15, 0.2) is 64.5 Å². The molecule has 0 radical (unpaired) electrons. The highest BCUT2D eigenvalue weighted by molar-refractivity contribution is 8.18. The van der Waals surface area contributed by atoms with Crippen molar-refractivity contribution < 1.29 is 40.6 Å². The van der Waals surface area contributed by atoms with E-state index >= 15 is 0 Å². The molecule has 0 N–H and O–H groups in total. The molecular weight excluding hydrogens is 620 g/mol. The van der Waals surface area contributed by atoms with Crippen molar-refractivity contribution in [2.24, 2.45) is 4.99 Å². The van der Waals surface area contributed by atoms with Crippen molar-refractivity contribution in [1.29, 1.82) is 0 Å². The summed E-state index contributed by atoms with van der Waals surface area (Å²) in [6, 6.07) is 12.4. The Morgan fingerprint density at radius 3 is 2.24 bits per heavy atom. The highest BCUT2D eigenvalue weighted by Crippen LogP contribution is 2.39. The van der Waals surface area contributed by atoms with Crippen LogP contribution in [0.5, 0.6) is 11.5 Å². The van der Waals surface area contributed by atoms with E-state index in [-0.39, 0.29) is 23.5 Å². The van der Waals surface area contributed by atoms with E-state index in [2.05, 4.69) is 46.8 Å². The van der Waals surface area contributed by atoms with Gasteiger partial charge in [0.1, 0.15) is 6.61 Å². The molecule has 1 saturated heterocycles. The van der Waals surface area contributed by atoms with Gasteiger partial charge in [-0.15, -0.1) is 0 Å². The Labute approximate surface area is 260 Å². The van der Waals surface area contributed by atoms with Crippen LogP contribution >= 0.6 is 11.8 Å². The van der Waals surface area contributed by atoms with Crippen molar-refractivity contribution in [3.05, 3.63) is 92.9 Å². The van der Waals surface area contributed by atoms with Gasteiger partial charge in [-0.1, -0.05) is 24.3 Å². The molecule has 45 heavy (non-hydrogen) atoms. The Morgan fingerprint density at radius 1 is 0.867 bits per heavy atom. The first-order chi connectivity index (χ1) is 21.2. The van der Waals surface area contributed by atoms with Crippen LogP contribution in [-0.4, -0.2) is 49.3 Å². The number of amidine groups is 1. The van der Waals surface area contributed by atoms with E-state index in [1.807, 2.05) is 0 Å². The molecule has 2 aliphatic heterocycles. The van der Waals surface area contributed by atoms with Gasteiger partial charge in [0, 0.05) is 37.4 Å². The van der Waals surface area contributed by atoms with Crippen LogP contribution in [0.4, 0.5) is 32.0 Å². The number of benzene rings is 3. The lowest BCUT2D eigenvalue weighted by molar-refractivity contribution is -0.143. The van der Waals surface area contributed by atoms with Gasteiger partial charge in [0.15, 0.2) is 16.7 Å². The Bertz CT molecular complexity index is 1660. The van der Waals surface area contributed by atoms with Crippen molar-refractivity contribution in [1.82, 2.24) is 4.90 Å². The molecule has 5 rings (SSSR count). The van der Waals surface area contributed by atoms with Crippen molar-refractivity contribution in [2.45, 2.75) is 32.8 Å². The van der Waals surface area contributed by atoms with Gasteiger partial charge in [-0.05, 0) is 78.7 Å². The summed E-state index contributed by atoms with van der Waals surface area (Å²) >= 11 is 1.26. The zero-order valence-corrected chi connectivity index (χ0v) is 25.4. The number of halogens is 6. The van der Waals surface area contributed by atoms with Crippen LogP contribution in [-0.2, 0) is 23.8 Å². The summed E-state index contributed by atoms with van der Waals surface area (Å²) in [6.45, 7) is 6.48. The van der Waals surface area contributed by atoms with Gasteiger partial charge in [-0.3, -0.25) is 4.79 Å². The summed E-state index contributed by atoms with van der Waals surface area (Å²) in [4.78, 5) is 21.8. The fourth-order valence-electron chi connectivity index (χ4n) is 5.07. The predicted octanol–water partition coefficient (Wildman–Crippen LogP) is 7.72. The molecule has 2 aliphatic rings. The van der Waals surface area contributed by atoms with E-state index in [0.717, 1.165) is 19.2 Å². The summed E-state index contributed by atoms with van der Waals surface area (Å²) in [5.41, 5.74) is 0.873. The molecule has 0 saturated carbocycles. The number of anilines is 1. The third kappa shape index (κ3) is 7.41. The quantitative estimate of drug-likeness (QED) is 0.201. The molecule has 1 fully saturated rings. The van der Waals surface area contributed by atoms with Gasteiger partial charge in [0.25, 0.3) is 5.91 Å². The van der Waals surface area contributed by atoms with Crippen molar-refractivity contribution in [3.8, 4) is 11.5 Å². The lowest BCUT2D eigenvalue weighted by atomic mass is 10.0. The van der Waals surface area contributed by atoms with Gasteiger partial charge < -0.3 is 19.3 Å². The van der Waals surface area contributed by atoms with E-state index in [0.29, 0.717) is 34.8 Å². The number of thioether (sulfide) groups is 1. The molecule has 2 heterocycles. The van der Waals surface area contributed by atoms with E-state index < -0.39 is 35.6 Å². The summed E-state index contributed by atoms with van der Waals surface area (Å²) in [7, 11) is 1.34. The molecule has 1 amide bonds. The number of ether oxygens (including phenoxy) is 2. The zero-order valence-electron chi connectivity index (χ0n) is 24.6. The van der Waals surface area contributed by atoms with Crippen LogP contribution in [0.1, 0.15) is 33.4 Å². The van der Waals surface area contributed by atoms with Crippen molar-refractivity contribution in [3.63, 3.8) is 0 Å². The SMILES string of the molecule is COc1cc(C=C2SC(N3CCN(c4cc(C)ccc4C)CC3)=NC2=O)ccc1OCc1ccc(C(F)(F)F)cc1C(F)(F)F. The van der Waals surface area contributed by atoms with E-state index in [9.17, 15) is 31.1 Å². The minimum atomic E-state index is -5.01. The number of carbonyl (C=O) groups is 1. The molecular formula is C32H29F6N3O3S. The van der Waals surface area contributed by atoms with Gasteiger partial charge in [-0.25, -0.2) is 0 Å². The molecule has 0 atom stereocenters. The number of aryl methyl sites for hydroxylation is 2. The molecule has 0 spiro atoms. The van der Waals surface area contributed by atoms with Crippen LogP contribution < -0.4 is 14.4 Å². The van der Waals surface area contributed by atoms with Crippen molar-refractivity contribution in [2.75, 3.05) is 38.2 Å². The molecule has 0 unspecified atom stereocenters. The molecule has 13 heteroatoms. The number of methoxy groups -OCH3 is 1. The maximum atomic E-state index is 13.5. The maximum absolute atomic E-state index is 13.5. The van der Waals surface area contributed by atoms with Gasteiger partial charge in [-0.2, -0.15) is 31.3 Å². The Hall–Kier alpha value is -4.13. The number of carbonyl (C=O) groups excluding carboxylic acids is 1. The van der Waals surface area contributed by atoms with Crippen LogP contribution in [0, 0.1) is 13.8 Å². The molecule has 0 bridgehead atoms. The summed E-state index contributed by atoms with van der Waals surface area (Å²) in [5, 5.41) is 0.621. The number of alkyl halides is 6. The first-order valence-corrected chi connectivity index (χ1v) is 14.7. The van der Waals surface area contributed by atoms with Crippen molar-refractivity contribution >= 4 is 34.6 Å². The normalized spacial score (nSPS) is 16.8. The van der Waals surface area contributed by atoms with Gasteiger partial charge in [0.05, 0.1) is 23.1 Å². The Kier molecular flexibility index (Phi) is 9.11. The lowest BCUT2D eigenvalue weighted by Gasteiger charge is -2.37. The van der Waals surface area contributed by atoms with Gasteiger partial charge in [0.2, 0.25) is 0 Å². The zero-order chi connectivity index (χ0) is 32.5. The van der Waals surface area contributed by atoms with E-state index in [1.54, 1.807) is 18.2 Å². The lowest BCUT2D eigenvalue weighted by Crippen LogP contribution is -2.48. The monoisotopic (exact) mass is 649 g/mol. The predicted molar refractivity (Wildman–Crippen MR) is 161 cm³/mol. The molecule has 238 valence electrons. The number of nitrogens with zero attached hydrogens (tertiary/aromatic N) is 3. The van der Waals surface area contributed by atoms with Crippen LogP contribution in [0.3, 0.4) is 0 Å². The summed E-state index contributed by atoms with van der Waals surface area (Å²) < 4.78 is 90.5. The first-order valence-electron chi connectivity index (χ1n) is 13.9. The highest BCUT2D eigenvalue weighted by Gasteiger charge is 2.38. The van der Waals surface area contributed by atoms with E-state index in [1.165, 1.54) is 41.8 Å². The Morgan fingerprint density at radius 2 is 1.58 bits per heavy atom. The third-order valence-electron chi connectivity index (χ3n) is 7.48. The average Bonchev–Trinajstić information content (AvgIpc) is 3.36. The fourth-order valence-corrected chi connectivity index (χ4v) is 6.04. The smallest absolute Gasteiger partial charge is 0.416 e. The average molecular weight is 650 g/mol. The second kappa shape index (κ2) is 12.7. The van der Waals surface area contributed by atoms with E-state index in [4.69, 9.17) is 9.47 Å². The highest BCUT2D eigenvalue weighted by atomic mass is 32.2. The topological polar surface area (TPSA) is 54.4 Å². The summed E-state index contributed by atoms with van der Waals surface area (Å²) in [6.07, 6.45) is -8.30. The number of hydrogen-bond donors (Lipinski definition) is 0. The number of piperazine rings is 1. The standard InChI is InChI=1S/C32H29F6N3O3S/c1-19-4-5-20(2)25(14-19)40-10-12-41(13-11-40)30-39-29(42)28(45-30)16-21-6-9-26(27(15-21)43-3)44-18-22-7-8-23(31(33,34)35)17-24(22)32(36,37)38/h4-9,14-17H,10-13,18H2,1-3H3. The maximum Gasteiger partial charge on any atom is 0.416 e. The number of hydrogen-bond acceptors (Lipinski definition) is 6. The Balaban J connectivity index is 1.25. The second-order valence-electron chi connectivity index (χ2n) is 10.6. The molecule has 0 aliphatic carbocycles. The molecule has 3 aromatic carbocycles. The minimum absolute atomic E-state index is 0.0722. The number of rotatable bonds is 6.